The van der Waals surface area contributed by atoms with Crippen LogP contribution in [0, 0.1) is 20.8 Å². The molecule has 0 aliphatic carbocycles. The molecule has 0 spiro atoms. The Morgan fingerprint density at radius 3 is 2.24 bits per heavy atom. The topological polar surface area (TPSA) is 38.0 Å². The minimum absolute atomic E-state index is 0.0856. The highest BCUT2D eigenvalue weighted by molar-refractivity contribution is 7.10. The Kier molecular flexibility index (Phi) is 3.62. The lowest BCUT2D eigenvalue weighted by Crippen LogP contribution is -2.30. The molecule has 0 aliphatic heterocycles. The number of rotatable bonds is 3. The molecule has 3 N–H and O–H groups in total. The van der Waals surface area contributed by atoms with Gasteiger partial charge in [0, 0.05) is 4.88 Å². The van der Waals surface area contributed by atoms with Crippen LogP contribution in [0.15, 0.2) is 29.6 Å². The van der Waals surface area contributed by atoms with Crippen molar-refractivity contribution in [3.8, 4) is 0 Å². The van der Waals surface area contributed by atoms with Gasteiger partial charge < -0.3 is 0 Å². The third kappa shape index (κ3) is 2.27. The molecule has 0 radical (unpaired) electrons. The summed E-state index contributed by atoms with van der Waals surface area (Å²) < 4.78 is 0. The van der Waals surface area contributed by atoms with E-state index in [1.807, 2.05) is 0 Å². The van der Waals surface area contributed by atoms with Crippen molar-refractivity contribution in [2.24, 2.45) is 5.84 Å². The van der Waals surface area contributed by atoms with Crippen LogP contribution in [0.5, 0.6) is 0 Å². The fraction of sp³-hybridized carbons (Fsp3) is 0.286. The highest BCUT2D eigenvalue weighted by Crippen LogP contribution is 2.31. The van der Waals surface area contributed by atoms with E-state index >= 15 is 0 Å². The highest BCUT2D eigenvalue weighted by Gasteiger charge is 2.18. The zero-order valence-corrected chi connectivity index (χ0v) is 11.3. The fourth-order valence-corrected chi connectivity index (χ4v) is 3.05. The minimum atomic E-state index is 0.0856. The van der Waals surface area contributed by atoms with Crippen molar-refractivity contribution in [2.75, 3.05) is 0 Å². The van der Waals surface area contributed by atoms with Crippen molar-refractivity contribution < 1.29 is 0 Å². The molecule has 3 heteroatoms. The van der Waals surface area contributed by atoms with Gasteiger partial charge in [0.1, 0.15) is 0 Å². The number of aryl methyl sites for hydroxylation is 3. The van der Waals surface area contributed by atoms with E-state index in [1.54, 1.807) is 11.3 Å². The van der Waals surface area contributed by atoms with Crippen molar-refractivity contribution in [2.45, 2.75) is 26.8 Å². The summed E-state index contributed by atoms with van der Waals surface area (Å²) in [5, 5.41) is 2.11. The van der Waals surface area contributed by atoms with Gasteiger partial charge >= 0.3 is 0 Å². The molecule has 0 bridgehead atoms. The van der Waals surface area contributed by atoms with Gasteiger partial charge in [-0.2, -0.15) is 0 Å². The monoisotopic (exact) mass is 246 g/mol. The van der Waals surface area contributed by atoms with Crippen LogP contribution in [0.3, 0.4) is 0 Å². The van der Waals surface area contributed by atoms with Gasteiger partial charge in [0.15, 0.2) is 0 Å². The molecule has 0 fully saturated rings. The standard InChI is InChI=1S/C14H18N2S/c1-9-5-4-6-10(2)13(9)14(16-15)12-7-8-17-11(12)3/h4-8,14,16H,15H2,1-3H3. The van der Waals surface area contributed by atoms with Crippen LogP contribution in [0.2, 0.25) is 0 Å². The fourth-order valence-electron chi connectivity index (χ4n) is 2.31. The number of hydrazine groups is 1. The average Bonchev–Trinajstić information content (AvgIpc) is 2.70. The van der Waals surface area contributed by atoms with Crippen molar-refractivity contribution in [1.29, 1.82) is 0 Å². The molecule has 90 valence electrons. The maximum absolute atomic E-state index is 5.76. The Bertz CT molecular complexity index is 496. The van der Waals surface area contributed by atoms with E-state index in [2.05, 4.69) is 55.8 Å². The van der Waals surface area contributed by atoms with Crippen molar-refractivity contribution >= 4 is 11.3 Å². The molecule has 2 aromatic rings. The third-order valence-electron chi connectivity index (χ3n) is 3.21. The molecule has 0 saturated heterocycles. The molecule has 2 nitrogen and oxygen atoms in total. The summed E-state index contributed by atoms with van der Waals surface area (Å²) in [7, 11) is 0. The lowest BCUT2D eigenvalue weighted by molar-refractivity contribution is 0.630. The number of benzene rings is 1. The smallest absolute Gasteiger partial charge is 0.0725 e. The Balaban J connectivity index is 2.53. The second kappa shape index (κ2) is 5.00. The Labute approximate surface area is 106 Å². The molecule has 0 aliphatic rings. The normalized spacial score (nSPS) is 12.7. The summed E-state index contributed by atoms with van der Waals surface area (Å²) in [5.74, 6) is 5.76. The van der Waals surface area contributed by atoms with E-state index < -0.39 is 0 Å². The van der Waals surface area contributed by atoms with Crippen LogP contribution in [-0.4, -0.2) is 0 Å². The predicted molar refractivity (Wildman–Crippen MR) is 74.1 cm³/mol. The highest BCUT2D eigenvalue weighted by atomic mass is 32.1. The molecule has 2 rings (SSSR count). The van der Waals surface area contributed by atoms with Crippen LogP contribution in [0.4, 0.5) is 0 Å². The van der Waals surface area contributed by atoms with Crippen LogP contribution >= 0.6 is 11.3 Å². The molecule has 17 heavy (non-hydrogen) atoms. The van der Waals surface area contributed by atoms with Crippen molar-refractivity contribution in [1.82, 2.24) is 5.43 Å². The number of nitrogens with one attached hydrogen (secondary N) is 1. The summed E-state index contributed by atoms with van der Waals surface area (Å²) in [6, 6.07) is 8.59. The van der Waals surface area contributed by atoms with Gasteiger partial charge in [-0.25, -0.2) is 5.43 Å². The van der Waals surface area contributed by atoms with Gasteiger partial charge in [0.2, 0.25) is 0 Å². The van der Waals surface area contributed by atoms with E-state index in [-0.39, 0.29) is 6.04 Å². The lowest BCUT2D eigenvalue weighted by atomic mass is 9.92. The van der Waals surface area contributed by atoms with Crippen molar-refractivity contribution in [3.63, 3.8) is 0 Å². The Morgan fingerprint density at radius 2 is 1.76 bits per heavy atom. The SMILES string of the molecule is Cc1cccc(C)c1C(NN)c1ccsc1C. The Hall–Kier alpha value is -1.16. The van der Waals surface area contributed by atoms with Crippen LogP contribution < -0.4 is 11.3 Å². The van der Waals surface area contributed by atoms with Crippen LogP contribution in [0.1, 0.15) is 33.2 Å². The first kappa shape index (κ1) is 12.3. The Morgan fingerprint density at radius 1 is 1.12 bits per heavy atom. The summed E-state index contributed by atoms with van der Waals surface area (Å²) in [6.45, 7) is 6.40. The van der Waals surface area contributed by atoms with Gasteiger partial charge in [-0.15, -0.1) is 11.3 Å². The second-order valence-electron chi connectivity index (χ2n) is 4.34. The number of nitrogens with two attached hydrogens (primary N) is 1. The number of hydrogen-bond donors (Lipinski definition) is 2. The minimum Gasteiger partial charge on any atom is -0.271 e. The maximum Gasteiger partial charge on any atom is 0.0725 e. The molecular weight excluding hydrogens is 228 g/mol. The van der Waals surface area contributed by atoms with Crippen LogP contribution in [-0.2, 0) is 0 Å². The summed E-state index contributed by atoms with van der Waals surface area (Å²) in [6.07, 6.45) is 0. The van der Waals surface area contributed by atoms with E-state index in [4.69, 9.17) is 5.84 Å². The molecular formula is C14H18N2S. The summed E-state index contributed by atoms with van der Waals surface area (Å²) >= 11 is 1.76. The maximum atomic E-state index is 5.76. The molecule has 0 saturated carbocycles. The molecule has 1 atom stereocenters. The first-order chi connectivity index (χ1) is 8.15. The predicted octanol–water partition coefficient (Wildman–Crippen LogP) is 3.23. The van der Waals surface area contributed by atoms with E-state index in [0.29, 0.717) is 0 Å². The van der Waals surface area contributed by atoms with E-state index in [1.165, 1.54) is 27.1 Å². The second-order valence-corrected chi connectivity index (χ2v) is 5.46. The summed E-state index contributed by atoms with van der Waals surface area (Å²) in [4.78, 5) is 1.32. The summed E-state index contributed by atoms with van der Waals surface area (Å²) in [5.41, 5.74) is 8.06. The molecule has 1 aromatic carbocycles. The van der Waals surface area contributed by atoms with Gasteiger partial charge in [0.05, 0.1) is 6.04 Å². The molecule has 0 amide bonds. The average molecular weight is 246 g/mol. The van der Waals surface area contributed by atoms with Crippen LogP contribution in [0.25, 0.3) is 0 Å². The zero-order chi connectivity index (χ0) is 12.4. The lowest BCUT2D eigenvalue weighted by Gasteiger charge is -2.21. The van der Waals surface area contributed by atoms with Gasteiger partial charge in [-0.3, -0.25) is 5.84 Å². The van der Waals surface area contributed by atoms with Gasteiger partial charge in [0.25, 0.3) is 0 Å². The van der Waals surface area contributed by atoms with E-state index in [9.17, 15) is 0 Å². The van der Waals surface area contributed by atoms with Crippen molar-refractivity contribution in [3.05, 3.63) is 56.8 Å². The third-order valence-corrected chi connectivity index (χ3v) is 4.07. The molecule has 1 aromatic heterocycles. The van der Waals surface area contributed by atoms with Gasteiger partial charge in [-0.05, 0) is 54.5 Å². The van der Waals surface area contributed by atoms with E-state index in [0.717, 1.165) is 0 Å². The first-order valence-corrected chi connectivity index (χ1v) is 6.59. The largest absolute Gasteiger partial charge is 0.271 e. The quantitative estimate of drug-likeness (QED) is 0.644. The number of hydrogen-bond acceptors (Lipinski definition) is 3. The zero-order valence-electron chi connectivity index (χ0n) is 10.4. The van der Waals surface area contributed by atoms with Gasteiger partial charge in [-0.1, -0.05) is 18.2 Å². The first-order valence-electron chi connectivity index (χ1n) is 5.71. The molecule has 1 heterocycles. The molecule has 1 unspecified atom stereocenters. The number of thiophene rings is 1.